The Hall–Kier alpha value is -2.80. The molecule has 6 nitrogen and oxygen atoms in total. The van der Waals surface area contributed by atoms with E-state index in [1.165, 1.54) is 0 Å². The highest BCUT2D eigenvalue weighted by atomic mass is 79.9. The standard InChI is InChI=1S/C10H10BrN3.C10H11N3/c1-7-3-8(5-12-4-7)10-9(11)6-14(2)13-10;1-8-5-9(7-11-6-8)10-3-4-13(2)12-10/h3-6H,1-2H3;3-7H,1-2H3. The first-order valence-corrected chi connectivity index (χ1v) is 9.24. The third-order valence-electron chi connectivity index (χ3n) is 3.82. The number of nitrogens with zero attached hydrogens (tertiary/aromatic N) is 6. The molecule has 0 aliphatic carbocycles. The summed E-state index contributed by atoms with van der Waals surface area (Å²) in [5.74, 6) is 0. The largest absolute Gasteiger partial charge is 0.275 e. The van der Waals surface area contributed by atoms with Gasteiger partial charge in [-0.3, -0.25) is 19.3 Å². The molecule has 0 aromatic carbocycles. The molecule has 0 saturated carbocycles. The van der Waals surface area contributed by atoms with Crippen molar-refractivity contribution in [3.8, 4) is 22.5 Å². The number of rotatable bonds is 2. The molecule has 4 heterocycles. The minimum atomic E-state index is 0.934. The second-order valence-electron chi connectivity index (χ2n) is 6.38. The van der Waals surface area contributed by atoms with Crippen LogP contribution in [0.15, 0.2) is 59.9 Å². The van der Waals surface area contributed by atoms with Crippen molar-refractivity contribution in [1.29, 1.82) is 0 Å². The van der Waals surface area contributed by atoms with Crippen LogP contribution in [0.1, 0.15) is 11.1 Å². The molecular formula is C20H21BrN6. The van der Waals surface area contributed by atoms with Gasteiger partial charge in [0.15, 0.2) is 0 Å². The Morgan fingerprint density at radius 1 is 0.815 bits per heavy atom. The van der Waals surface area contributed by atoms with Crippen molar-refractivity contribution in [1.82, 2.24) is 29.5 Å². The minimum absolute atomic E-state index is 0.934. The summed E-state index contributed by atoms with van der Waals surface area (Å²) in [7, 11) is 3.81. The van der Waals surface area contributed by atoms with Gasteiger partial charge in [0.2, 0.25) is 0 Å². The van der Waals surface area contributed by atoms with Crippen LogP contribution in [0.4, 0.5) is 0 Å². The fourth-order valence-corrected chi connectivity index (χ4v) is 3.21. The zero-order chi connectivity index (χ0) is 19.4. The summed E-state index contributed by atoms with van der Waals surface area (Å²) in [6, 6.07) is 6.13. The lowest BCUT2D eigenvalue weighted by molar-refractivity contribution is 0.770. The highest BCUT2D eigenvalue weighted by molar-refractivity contribution is 9.10. The van der Waals surface area contributed by atoms with Crippen molar-refractivity contribution < 1.29 is 0 Å². The Morgan fingerprint density at radius 2 is 1.44 bits per heavy atom. The Kier molecular flexibility index (Phi) is 5.81. The fourth-order valence-electron chi connectivity index (χ4n) is 2.60. The van der Waals surface area contributed by atoms with Crippen LogP contribution in [0, 0.1) is 13.8 Å². The highest BCUT2D eigenvalue weighted by Crippen LogP contribution is 2.25. The molecule has 0 aliphatic heterocycles. The quantitative estimate of drug-likeness (QED) is 0.479. The van der Waals surface area contributed by atoms with Gasteiger partial charge in [0.25, 0.3) is 0 Å². The van der Waals surface area contributed by atoms with Gasteiger partial charge in [-0.2, -0.15) is 10.2 Å². The zero-order valence-electron chi connectivity index (χ0n) is 15.8. The van der Waals surface area contributed by atoms with E-state index < -0.39 is 0 Å². The first-order valence-electron chi connectivity index (χ1n) is 8.45. The topological polar surface area (TPSA) is 61.4 Å². The van der Waals surface area contributed by atoms with Gasteiger partial charge in [-0.15, -0.1) is 0 Å². The van der Waals surface area contributed by atoms with Crippen LogP contribution >= 0.6 is 15.9 Å². The molecule has 0 amide bonds. The summed E-state index contributed by atoms with van der Waals surface area (Å²) >= 11 is 3.47. The van der Waals surface area contributed by atoms with Gasteiger partial charge in [-0.25, -0.2) is 0 Å². The SMILES string of the molecule is Cc1cncc(-c2ccn(C)n2)c1.Cc1cncc(-c2nn(C)cc2Br)c1. The summed E-state index contributed by atoms with van der Waals surface area (Å²) in [4.78, 5) is 8.26. The molecule has 0 N–H and O–H groups in total. The third kappa shape index (κ3) is 4.89. The Bertz CT molecular complexity index is 1050. The molecule has 0 bridgehead atoms. The summed E-state index contributed by atoms with van der Waals surface area (Å²) < 4.78 is 4.56. The van der Waals surface area contributed by atoms with Crippen molar-refractivity contribution in [3.05, 3.63) is 71.0 Å². The smallest absolute Gasteiger partial charge is 0.108 e. The number of aryl methyl sites for hydroxylation is 4. The van der Waals surface area contributed by atoms with E-state index in [0.29, 0.717) is 0 Å². The van der Waals surface area contributed by atoms with Gasteiger partial charge < -0.3 is 0 Å². The summed E-state index contributed by atoms with van der Waals surface area (Å²) in [5, 5.41) is 8.65. The van der Waals surface area contributed by atoms with Crippen LogP contribution in [0.5, 0.6) is 0 Å². The van der Waals surface area contributed by atoms with E-state index in [-0.39, 0.29) is 0 Å². The molecule has 0 radical (unpaired) electrons. The molecule has 0 fully saturated rings. The van der Waals surface area contributed by atoms with Crippen LogP contribution in [-0.4, -0.2) is 29.5 Å². The fraction of sp³-hybridized carbons (Fsp3) is 0.200. The molecule has 0 spiro atoms. The van der Waals surface area contributed by atoms with E-state index in [1.54, 1.807) is 9.36 Å². The second-order valence-corrected chi connectivity index (χ2v) is 7.23. The van der Waals surface area contributed by atoms with E-state index in [4.69, 9.17) is 0 Å². The van der Waals surface area contributed by atoms with Crippen molar-refractivity contribution in [2.75, 3.05) is 0 Å². The molecule has 0 unspecified atom stereocenters. The Morgan fingerprint density at radius 3 is 1.96 bits per heavy atom. The molecule has 4 aromatic heterocycles. The molecule has 27 heavy (non-hydrogen) atoms. The van der Waals surface area contributed by atoms with Gasteiger partial charge >= 0.3 is 0 Å². The van der Waals surface area contributed by atoms with Gasteiger partial charge in [0.1, 0.15) is 5.69 Å². The van der Waals surface area contributed by atoms with Crippen LogP contribution in [0.2, 0.25) is 0 Å². The van der Waals surface area contributed by atoms with Gasteiger partial charge in [-0.05, 0) is 59.1 Å². The van der Waals surface area contributed by atoms with Gasteiger partial charge in [0.05, 0.1) is 10.2 Å². The van der Waals surface area contributed by atoms with Crippen LogP contribution in [0.25, 0.3) is 22.5 Å². The highest BCUT2D eigenvalue weighted by Gasteiger charge is 2.07. The number of halogens is 1. The maximum Gasteiger partial charge on any atom is 0.108 e. The van der Waals surface area contributed by atoms with E-state index in [1.807, 2.05) is 71.2 Å². The normalized spacial score (nSPS) is 10.4. The Balaban J connectivity index is 0.000000156. The maximum atomic E-state index is 4.35. The molecule has 0 atom stereocenters. The molecule has 138 valence electrons. The predicted octanol–water partition coefficient (Wildman–Crippen LogP) is 4.34. The lowest BCUT2D eigenvalue weighted by Crippen LogP contribution is -1.88. The first kappa shape index (κ1) is 19.0. The average Bonchev–Trinajstić information content (AvgIpc) is 3.20. The number of hydrogen-bond donors (Lipinski definition) is 0. The summed E-state index contributed by atoms with van der Waals surface area (Å²) in [6.07, 6.45) is 11.2. The van der Waals surface area contributed by atoms with Gasteiger partial charge in [-0.1, -0.05) is 0 Å². The number of pyridine rings is 2. The first-order chi connectivity index (χ1) is 12.9. The second kappa shape index (κ2) is 8.26. The molecule has 4 rings (SSSR count). The predicted molar refractivity (Wildman–Crippen MR) is 110 cm³/mol. The zero-order valence-corrected chi connectivity index (χ0v) is 17.3. The molecule has 0 aliphatic rings. The molecule has 0 saturated heterocycles. The van der Waals surface area contributed by atoms with E-state index in [0.717, 1.165) is 38.1 Å². The van der Waals surface area contributed by atoms with Crippen LogP contribution in [-0.2, 0) is 14.1 Å². The van der Waals surface area contributed by atoms with Crippen LogP contribution < -0.4 is 0 Å². The monoisotopic (exact) mass is 424 g/mol. The number of hydrogen-bond acceptors (Lipinski definition) is 4. The summed E-state index contributed by atoms with van der Waals surface area (Å²) in [6.45, 7) is 4.05. The molecule has 7 heteroatoms. The van der Waals surface area contributed by atoms with Crippen molar-refractivity contribution in [3.63, 3.8) is 0 Å². The van der Waals surface area contributed by atoms with E-state index in [9.17, 15) is 0 Å². The maximum absolute atomic E-state index is 4.35. The van der Waals surface area contributed by atoms with Crippen LogP contribution in [0.3, 0.4) is 0 Å². The minimum Gasteiger partial charge on any atom is -0.275 e. The van der Waals surface area contributed by atoms with E-state index in [2.05, 4.69) is 48.2 Å². The number of aromatic nitrogens is 6. The molecule has 4 aromatic rings. The lowest BCUT2D eigenvalue weighted by Gasteiger charge is -1.98. The van der Waals surface area contributed by atoms with Gasteiger partial charge in [0, 0.05) is 62.4 Å². The third-order valence-corrected chi connectivity index (χ3v) is 4.40. The van der Waals surface area contributed by atoms with Crippen molar-refractivity contribution in [2.24, 2.45) is 14.1 Å². The van der Waals surface area contributed by atoms with Crippen molar-refractivity contribution >= 4 is 15.9 Å². The average molecular weight is 425 g/mol. The summed E-state index contributed by atoms with van der Waals surface area (Å²) in [5.41, 5.74) is 6.31. The molecular weight excluding hydrogens is 404 g/mol. The van der Waals surface area contributed by atoms with E-state index >= 15 is 0 Å². The Labute approximate surface area is 167 Å². The van der Waals surface area contributed by atoms with Crippen molar-refractivity contribution in [2.45, 2.75) is 13.8 Å². The lowest BCUT2D eigenvalue weighted by atomic mass is 10.2.